The van der Waals surface area contributed by atoms with Crippen LogP contribution in [-0.4, -0.2) is 19.7 Å². The van der Waals surface area contributed by atoms with Gasteiger partial charge in [-0.25, -0.2) is 9.67 Å². The molecule has 0 spiro atoms. The summed E-state index contributed by atoms with van der Waals surface area (Å²) in [6, 6.07) is 6.86. The van der Waals surface area contributed by atoms with E-state index in [1.807, 2.05) is 13.0 Å². The lowest BCUT2D eigenvalue weighted by atomic mass is 10.2. The zero-order valence-corrected chi connectivity index (χ0v) is 10.3. The molecule has 18 heavy (non-hydrogen) atoms. The Morgan fingerprint density at radius 2 is 2.17 bits per heavy atom. The van der Waals surface area contributed by atoms with Crippen LogP contribution in [0.15, 0.2) is 35.3 Å². The minimum Gasteiger partial charge on any atom is -0.290 e. The summed E-state index contributed by atoms with van der Waals surface area (Å²) in [4.78, 5) is 19.0. The van der Waals surface area contributed by atoms with Gasteiger partial charge in [0.15, 0.2) is 0 Å². The fourth-order valence-corrected chi connectivity index (χ4v) is 1.91. The van der Waals surface area contributed by atoms with Crippen LogP contribution in [0, 0.1) is 6.92 Å². The monoisotopic (exact) mass is 260 g/mol. The van der Waals surface area contributed by atoms with Crippen LogP contribution in [0.1, 0.15) is 5.69 Å². The molecule has 0 aliphatic carbocycles. The Morgan fingerprint density at radius 3 is 2.89 bits per heavy atom. The third kappa shape index (κ3) is 1.78. The van der Waals surface area contributed by atoms with E-state index in [2.05, 4.69) is 15.1 Å². The van der Waals surface area contributed by atoms with Crippen LogP contribution in [0.5, 0.6) is 0 Å². The molecule has 1 aromatic carbocycles. The molecule has 6 heteroatoms. The Labute approximate surface area is 107 Å². The number of aromatic amines is 1. The minimum atomic E-state index is -0.231. The van der Waals surface area contributed by atoms with E-state index in [1.54, 1.807) is 24.4 Å². The van der Waals surface area contributed by atoms with Gasteiger partial charge < -0.3 is 0 Å². The van der Waals surface area contributed by atoms with Crippen molar-refractivity contribution in [3.63, 3.8) is 0 Å². The van der Waals surface area contributed by atoms with Crippen molar-refractivity contribution in [3.8, 4) is 5.95 Å². The molecule has 0 aliphatic rings. The molecule has 0 saturated heterocycles. The maximum atomic E-state index is 11.9. The van der Waals surface area contributed by atoms with Gasteiger partial charge >= 0.3 is 0 Å². The second-order valence-electron chi connectivity index (χ2n) is 3.95. The fourth-order valence-electron chi connectivity index (χ4n) is 1.74. The van der Waals surface area contributed by atoms with Crippen LogP contribution in [0.4, 0.5) is 0 Å². The average Bonchev–Trinajstić information content (AvgIpc) is 2.77. The molecule has 0 saturated carbocycles. The second-order valence-corrected chi connectivity index (χ2v) is 4.39. The van der Waals surface area contributed by atoms with Crippen LogP contribution in [0.2, 0.25) is 5.02 Å². The summed E-state index contributed by atoms with van der Waals surface area (Å²) in [6.45, 7) is 1.87. The van der Waals surface area contributed by atoms with E-state index < -0.39 is 0 Å². The zero-order chi connectivity index (χ0) is 12.7. The highest BCUT2D eigenvalue weighted by atomic mass is 35.5. The molecule has 0 atom stereocenters. The van der Waals surface area contributed by atoms with Gasteiger partial charge in [0, 0.05) is 11.2 Å². The van der Waals surface area contributed by atoms with Crippen LogP contribution in [0.25, 0.3) is 16.9 Å². The maximum Gasteiger partial charge on any atom is 0.260 e. The number of aryl methyl sites for hydroxylation is 1. The van der Waals surface area contributed by atoms with E-state index in [0.29, 0.717) is 21.9 Å². The van der Waals surface area contributed by atoms with E-state index in [-0.39, 0.29) is 5.56 Å². The van der Waals surface area contributed by atoms with Crippen LogP contribution in [-0.2, 0) is 0 Å². The number of rotatable bonds is 1. The van der Waals surface area contributed by atoms with E-state index in [0.717, 1.165) is 5.69 Å². The lowest BCUT2D eigenvalue weighted by Crippen LogP contribution is -2.13. The molecule has 0 aliphatic heterocycles. The first-order valence-electron chi connectivity index (χ1n) is 5.36. The Bertz CT molecular complexity index is 790. The number of aromatic nitrogens is 4. The minimum absolute atomic E-state index is 0.231. The predicted octanol–water partition coefficient (Wildman–Crippen LogP) is 2.07. The van der Waals surface area contributed by atoms with Crippen LogP contribution < -0.4 is 5.56 Å². The molecule has 5 nitrogen and oxygen atoms in total. The SMILES string of the molecule is Cc1ccn(-c2nc3ccc(Cl)cc3c(=O)[nH]2)n1. The van der Waals surface area contributed by atoms with Gasteiger partial charge in [0.2, 0.25) is 5.95 Å². The second kappa shape index (κ2) is 3.96. The van der Waals surface area contributed by atoms with E-state index >= 15 is 0 Å². The van der Waals surface area contributed by atoms with Gasteiger partial charge in [-0.1, -0.05) is 11.6 Å². The molecule has 90 valence electrons. The summed E-state index contributed by atoms with van der Waals surface area (Å²) in [5.41, 5.74) is 1.21. The van der Waals surface area contributed by atoms with Gasteiger partial charge in [0.25, 0.3) is 5.56 Å². The number of nitrogens with zero attached hydrogens (tertiary/aromatic N) is 3. The summed E-state index contributed by atoms with van der Waals surface area (Å²) < 4.78 is 1.53. The van der Waals surface area contributed by atoms with Crippen molar-refractivity contribution in [2.45, 2.75) is 6.92 Å². The van der Waals surface area contributed by atoms with E-state index in [4.69, 9.17) is 11.6 Å². The lowest BCUT2D eigenvalue weighted by Gasteiger charge is -2.02. The summed E-state index contributed by atoms with van der Waals surface area (Å²) in [7, 11) is 0. The highest BCUT2D eigenvalue weighted by Crippen LogP contribution is 2.15. The molecular weight excluding hydrogens is 252 g/mol. The van der Waals surface area contributed by atoms with E-state index in [1.165, 1.54) is 4.68 Å². The van der Waals surface area contributed by atoms with Crippen molar-refractivity contribution in [3.05, 3.63) is 51.5 Å². The molecule has 0 bridgehead atoms. The highest BCUT2D eigenvalue weighted by molar-refractivity contribution is 6.31. The summed E-state index contributed by atoms with van der Waals surface area (Å²) in [6.07, 6.45) is 1.75. The first kappa shape index (κ1) is 11.0. The molecule has 0 amide bonds. The third-order valence-electron chi connectivity index (χ3n) is 2.59. The number of hydrogen-bond donors (Lipinski definition) is 1. The maximum absolute atomic E-state index is 11.9. The average molecular weight is 261 g/mol. The standard InChI is InChI=1S/C12H9ClN4O/c1-7-4-5-17(16-7)12-14-10-3-2-8(13)6-9(10)11(18)15-12/h2-6H,1H3,(H,14,15,18). The van der Waals surface area contributed by atoms with Crippen LogP contribution in [0.3, 0.4) is 0 Å². The molecule has 0 fully saturated rings. The number of hydrogen-bond acceptors (Lipinski definition) is 3. The van der Waals surface area contributed by atoms with Crippen molar-refractivity contribution in [2.75, 3.05) is 0 Å². The quantitative estimate of drug-likeness (QED) is 0.728. The number of nitrogens with one attached hydrogen (secondary N) is 1. The fraction of sp³-hybridized carbons (Fsp3) is 0.0833. The Morgan fingerprint density at radius 1 is 1.33 bits per heavy atom. The number of halogens is 1. The molecule has 0 unspecified atom stereocenters. The molecule has 2 aromatic heterocycles. The van der Waals surface area contributed by atoms with E-state index in [9.17, 15) is 4.79 Å². The van der Waals surface area contributed by atoms with Gasteiger partial charge in [-0.15, -0.1) is 0 Å². The highest BCUT2D eigenvalue weighted by Gasteiger charge is 2.06. The number of fused-ring (bicyclic) bond motifs is 1. The Kier molecular flexibility index (Phi) is 2.41. The molecule has 3 rings (SSSR count). The van der Waals surface area contributed by atoms with Crippen molar-refractivity contribution < 1.29 is 0 Å². The van der Waals surface area contributed by atoms with Gasteiger partial charge in [0.05, 0.1) is 16.6 Å². The number of H-pyrrole nitrogens is 1. The van der Waals surface area contributed by atoms with Crippen molar-refractivity contribution in [1.29, 1.82) is 0 Å². The van der Waals surface area contributed by atoms with Crippen molar-refractivity contribution >= 4 is 22.5 Å². The molecule has 0 radical (unpaired) electrons. The van der Waals surface area contributed by atoms with Gasteiger partial charge in [-0.3, -0.25) is 9.78 Å². The van der Waals surface area contributed by atoms with Crippen molar-refractivity contribution in [2.24, 2.45) is 0 Å². The Hall–Kier alpha value is -2.14. The molecule has 1 N–H and O–H groups in total. The molecule has 2 heterocycles. The predicted molar refractivity (Wildman–Crippen MR) is 69.2 cm³/mol. The normalized spacial score (nSPS) is 11.0. The van der Waals surface area contributed by atoms with Gasteiger partial charge in [-0.05, 0) is 31.2 Å². The summed E-state index contributed by atoms with van der Waals surface area (Å²) >= 11 is 5.85. The summed E-state index contributed by atoms with van der Waals surface area (Å²) in [5.74, 6) is 0.392. The van der Waals surface area contributed by atoms with Gasteiger partial charge in [0.1, 0.15) is 0 Å². The first-order valence-corrected chi connectivity index (χ1v) is 5.73. The third-order valence-corrected chi connectivity index (χ3v) is 2.83. The molecular formula is C12H9ClN4O. The van der Waals surface area contributed by atoms with Crippen LogP contribution >= 0.6 is 11.6 Å². The topological polar surface area (TPSA) is 63.6 Å². The lowest BCUT2D eigenvalue weighted by molar-refractivity contribution is 0.799. The smallest absolute Gasteiger partial charge is 0.260 e. The summed E-state index contributed by atoms with van der Waals surface area (Å²) in [5, 5.41) is 5.18. The Balaban J connectivity index is 2.28. The van der Waals surface area contributed by atoms with Crippen molar-refractivity contribution in [1.82, 2.24) is 19.7 Å². The molecule has 3 aromatic rings. The largest absolute Gasteiger partial charge is 0.290 e. The number of benzene rings is 1. The van der Waals surface area contributed by atoms with Gasteiger partial charge in [-0.2, -0.15) is 5.10 Å². The first-order chi connectivity index (χ1) is 8.63. The zero-order valence-electron chi connectivity index (χ0n) is 9.51.